The molecule has 1 aliphatic heterocycles. The quantitative estimate of drug-likeness (QED) is 0.756. The molecule has 3 nitrogen and oxygen atoms in total. The van der Waals surface area contributed by atoms with Crippen molar-refractivity contribution in [2.24, 2.45) is 5.92 Å². The summed E-state index contributed by atoms with van der Waals surface area (Å²) >= 11 is 0. The molecule has 0 bridgehead atoms. The van der Waals surface area contributed by atoms with Crippen molar-refractivity contribution in [1.29, 1.82) is 5.26 Å². The van der Waals surface area contributed by atoms with Crippen LogP contribution in [0.5, 0.6) is 0 Å². The van der Waals surface area contributed by atoms with Gasteiger partial charge in [-0.2, -0.15) is 5.26 Å². The van der Waals surface area contributed by atoms with Gasteiger partial charge >= 0.3 is 0 Å². The Kier molecular flexibility index (Phi) is 3.66. The third-order valence-electron chi connectivity index (χ3n) is 4.38. The van der Waals surface area contributed by atoms with Crippen molar-refractivity contribution in [3.8, 4) is 6.07 Å². The third-order valence-corrected chi connectivity index (χ3v) is 4.38. The molecular weight excluding hydrogens is 224 g/mol. The predicted molar refractivity (Wildman–Crippen MR) is 73.1 cm³/mol. The SMILES string of the molecule is CC(C)C1(C)CC(=O)CC(C)(C)N1C(C)(C)C#N. The lowest BCUT2D eigenvalue weighted by molar-refractivity contribution is -0.147. The lowest BCUT2D eigenvalue weighted by atomic mass is 9.70. The lowest BCUT2D eigenvalue weighted by Crippen LogP contribution is -2.70. The van der Waals surface area contributed by atoms with Crippen LogP contribution in [0.1, 0.15) is 61.3 Å². The van der Waals surface area contributed by atoms with Gasteiger partial charge in [-0.3, -0.25) is 9.69 Å². The third kappa shape index (κ3) is 2.31. The highest BCUT2D eigenvalue weighted by Gasteiger charge is 2.54. The van der Waals surface area contributed by atoms with Gasteiger partial charge in [0, 0.05) is 23.9 Å². The molecule has 0 aliphatic carbocycles. The van der Waals surface area contributed by atoms with Gasteiger partial charge in [0.2, 0.25) is 0 Å². The number of ketones is 1. The molecule has 0 aromatic carbocycles. The minimum atomic E-state index is -0.566. The normalized spacial score (nSPS) is 29.4. The number of carbonyl (C=O) groups is 1. The van der Waals surface area contributed by atoms with Crippen LogP contribution in [0, 0.1) is 17.2 Å². The second-order valence-corrected chi connectivity index (χ2v) is 7.22. The van der Waals surface area contributed by atoms with E-state index in [-0.39, 0.29) is 11.1 Å². The van der Waals surface area contributed by atoms with Crippen LogP contribution in [-0.4, -0.2) is 27.3 Å². The van der Waals surface area contributed by atoms with Gasteiger partial charge < -0.3 is 0 Å². The van der Waals surface area contributed by atoms with E-state index < -0.39 is 5.54 Å². The number of rotatable bonds is 2. The highest BCUT2D eigenvalue weighted by Crippen LogP contribution is 2.45. The van der Waals surface area contributed by atoms with E-state index in [9.17, 15) is 10.1 Å². The molecule has 1 heterocycles. The standard InChI is InChI=1S/C15H26N2O/c1-11(2)15(7)9-12(18)8-13(3,4)17(15)14(5,6)10-16/h11H,8-9H2,1-7H3. The van der Waals surface area contributed by atoms with Gasteiger partial charge in [-0.05, 0) is 40.5 Å². The van der Waals surface area contributed by atoms with Gasteiger partial charge in [0.25, 0.3) is 0 Å². The van der Waals surface area contributed by atoms with Gasteiger partial charge in [0.1, 0.15) is 11.3 Å². The van der Waals surface area contributed by atoms with E-state index in [1.165, 1.54) is 0 Å². The Morgan fingerprint density at radius 1 is 1.28 bits per heavy atom. The molecule has 0 saturated carbocycles. The summed E-state index contributed by atoms with van der Waals surface area (Å²) < 4.78 is 0. The molecule has 1 atom stereocenters. The van der Waals surface area contributed by atoms with E-state index in [1.807, 2.05) is 13.8 Å². The predicted octanol–water partition coefficient (Wildman–Crippen LogP) is 3.15. The first kappa shape index (κ1) is 15.2. The summed E-state index contributed by atoms with van der Waals surface area (Å²) in [5.41, 5.74) is -1.09. The lowest BCUT2D eigenvalue weighted by Gasteiger charge is -2.59. The van der Waals surface area contributed by atoms with E-state index in [2.05, 4.69) is 45.6 Å². The van der Waals surface area contributed by atoms with E-state index in [0.717, 1.165) is 0 Å². The molecule has 0 N–H and O–H groups in total. The molecule has 1 aliphatic rings. The molecule has 0 aromatic heterocycles. The van der Waals surface area contributed by atoms with Crippen LogP contribution in [0.4, 0.5) is 0 Å². The Morgan fingerprint density at radius 3 is 2.17 bits per heavy atom. The van der Waals surface area contributed by atoms with Crippen molar-refractivity contribution >= 4 is 5.78 Å². The number of likely N-dealkylation sites (tertiary alicyclic amines) is 1. The fraction of sp³-hybridized carbons (Fsp3) is 0.867. The van der Waals surface area contributed by atoms with Crippen molar-refractivity contribution in [3.63, 3.8) is 0 Å². The zero-order chi connectivity index (χ0) is 14.4. The highest BCUT2D eigenvalue weighted by molar-refractivity contribution is 5.82. The van der Waals surface area contributed by atoms with Gasteiger partial charge in [-0.25, -0.2) is 0 Å². The zero-order valence-electron chi connectivity index (χ0n) is 12.8. The van der Waals surface area contributed by atoms with Crippen molar-refractivity contribution in [1.82, 2.24) is 4.90 Å². The number of nitrogens with zero attached hydrogens (tertiary/aromatic N) is 2. The summed E-state index contributed by atoms with van der Waals surface area (Å²) in [6, 6.07) is 2.41. The van der Waals surface area contributed by atoms with Crippen molar-refractivity contribution in [2.45, 2.75) is 77.9 Å². The molecular formula is C15H26N2O. The molecule has 3 heteroatoms. The highest BCUT2D eigenvalue weighted by atomic mass is 16.1. The van der Waals surface area contributed by atoms with E-state index in [0.29, 0.717) is 24.5 Å². The van der Waals surface area contributed by atoms with Crippen molar-refractivity contribution in [3.05, 3.63) is 0 Å². The molecule has 1 saturated heterocycles. The fourth-order valence-electron chi connectivity index (χ4n) is 3.70. The number of piperidine rings is 1. The molecule has 0 aromatic rings. The molecule has 18 heavy (non-hydrogen) atoms. The summed E-state index contributed by atoms with van der Waals surface area (Å²) in [5, 5.41) is 9.48. The number of Topliss-reactive ketones (excluding diaryl/α,β-unsaturated/α-hetero) is 1. The number of carbonyl (C=O) groups excluding carboxylic acids is 1. The smallest absolute Gasteiger partial charge is 0.136 e. The minimum absolute atomic E-state index is 0.252. The molecule has 1 rings (SSSR count). The van der Waals surface area contributed by atoms with Gasteiger partial charge in [0.05, 0.1) is 6.07 Å². The molecule has 0 spiro atoms. The van der Waals surface area contributed by atoms with Crippen LogP contribution >= 0.6 is 0 Å². The fourth-order valence-corrected chi connectivity index (χ4v) is 3.70. The van der Waals surface area contributed by atoms with Crippen LogP contribution in [0.2, 0.25) is 0 Å². The Labute approximate surface area is 111 Å². The molecule has 102 valence electrons. The maximum absolute atomic E-state index is 12.1. The van der Waals surface area contributed by atoms with Crippen LogP contribution in [0.15, 0.2) is 0 Å². The molecule has 0 amide bonds. The Bertz CT molecular complexity index is 390. The summed E-state index contributed by atoms with van der Waals surface area (Å²) in [4.78, 5) is 14.3. The zero-order valence-corrected chi connectivity index (χ0v) is 12.8. The van der Waals surface area contributed by atoms with E-state index >= 15 is 0 Å². The summed E-state index contributed by atoms with van der Waals surface area (Å²) in [7, 11) is 0. The van der Waals surface area contributed by atoms with Crippen LogP contribution < -0.4 is 0 Å². The second kappa shape index (κ2) is 4.35. The van der Waals surface area contributed by atoms with Gasteiger partial charge in [-0.15, -0.1) is 0 Å². The monoisotopic (exact) mass is 250 g/mol. The first-order valence-electron chi connectivity index (χ1n) is 6.71. The summed E-state index contributed by atoms with van der Waals surface area (Å²) in [5.74, 6) is 0.634. The maximum Gasteiger partial charge on any atom is 0.136 e. The van der Waals surface area contributed by atoms with Crippen LogP contribution in [-0.2, 0) is 4.79 Å². The Hall–Kier alpha value is -0.880. The van der Waals surface area contributed by atoms with Crippen molar-refractivity contribution in [2.75, 3.05) is 0 Å². The summed E-state index contributed by atoms with van der Waals surface area (Å²) in [6.07, 6.45) is 1.07. The van der Waals surface area contributed by atoms with Crippen molar-refractivity contribution < 1.29 is 4.79 Å². The van der Waals surface area contributed by atoms with Crippen LogP contribution in [0.3, 0.4) is 0 Å². The number of hydrogen-bond acceptors (Lipinski definition) is 3. The summed E-state index contributed by atoms with van der Waals surface area (Å²) in [6.45, 7) is 14.4. The van der Waals surface area contributed by atoms with Crippen LogP contribution in [0.25, 0.3) is 0 Å². The van der Waals surface area contributed by atoms with Gasteiger partial charge in [0.15, 0.2) is 0 Å². The molecule has 0 radical (unpaired) electrons. The Balaban J connectivity index is 3.38. The first-order valence-corrected chi connectivity index (χ1v) is 6.71. The largest absolute Gasteiger partial charge is 0.300 e. The van der Waals surface area contributed by atoms with Gasteiger partial charge in [-0.1, -0.05) is 13.8 Å². The number of nitriles is 1. The Morgan fingerprint density at radius 2 is 1.78 bits per heavy atom. The topological polar surface area (TPSA) is 44.1 Å². The maximum atomic E-state index is 12.1. The molecule has 1 unspecified atom stereocenters. The molecule has 1 fully saturated rings. The average Bonchev–Trinajstić information content (AvgIpc) is 2.13. The minimum Gasteiger partial charge on any atom is -0.300 e. The number of hydrogen-bond donors (Lipinski definition) is 0. The average molecular weight is 250 g/mol. The van der Waals surface area contributed by atoms with E-state index in [1.54, 1.807) is 0 Å². The first-order chi connectivity index (χ1) is 7.97. The second-order valence-electron chi connectivity index (χ2n) is 7.22. The van der Waals surface area contributed by atoms with E-state index in [4.69, 9.17) is 0 Å².